The topological polar surface area (TPSA) is 81.4 Å². The second kappa shape index (κ2) is 6.68. The van der Waals surface area contributed by atoms with Crippen molar-refractivity contribution in [2.24, 2.45) is 0 Å². The fraction of sp³-hybridized carbons (Fsp3) is 0.167. The van der Waals surface area contributed by atoms with Crippen molar-refractivity contribution in [3.63, 3.8) is 0 Å². The van der Waals surface area contributed by atoms with Crippen LogP contribution in [0, 0.1) is 0 Å². The van der Waals surface area contributed by atoms with Crippen molar-refractivity contribution in [3.05, 3.63) is 54.5 Å². The summed E-state index contributed by atoms with van der Waals surface area (Å²) < 4.78 is 1.96. The maximum Gasteiger partial charge on any atom is 0.226 e. The predicted molar refractivity (Wildman–Crippen MR) is 101 cm³/mol. The van der Waals surface area contributed by atoms with E-state index < -0.39 is 0 Å². The molecule has 1 N–H and O–H groups in total. The molecule has 0 spiro atoms. The molecule has 0 bridgehead atoms. The van der Waals surface area contributed by atoms with Gasteiger partial charge in [0.25, 0.3) is 0 Å². The quantitative estimate of drug-likeness (QED) is 0.544. The predicted octanol–water partition coefficient (Wildman–Crippen LogP) is 4.26. The number of halogens is 1. The van der Waals surface area contributed by atoms with E-state index in [1.54, 1.807) is 24.9 Å². The standard InChI is InChI=1S/C18H16ClN7/c1-11(2)26-10-22-15-16(24-18(19)25-17(15)26)23-13-5-6-14(21-9-13)12-4-3-7-20-8-12/h3-11H,1-2H3,(H,23,24,25). The molecule has 0 aromatic carbocycles. The van der Waals surface area contributed by atoms with Crippen molar-refractivity contribution < 1.29 is 0 Å². The van der Waals surface area contributed by atoms with Gasteiger partial charge in [0, 0.05) is 24.0 Å². The lowest BCUT2D eigenvalue weighted by molar-refractivity contribution is 0.612. The van der Waals surface area contributed by atoms with Gasteiger partial charge in [-0.05, 0) is 49.7 Å². The molecule has 0 fully saturated rings. The van der Waals surface area contributed by atoms with Crippen LogP contribution in [0.15, 0.2) is 49.2 Å². The number of anilines is 2. The van der Waals surface area contributed by atoms with Gasteiger partial charge in [0.15, 0.2) is 17.0 Å². The summed E-state index contributed by atoms with van der Waals surface area (Å²) in [5.74, 6) is 0.551. The van der Waals surface area contributed by atoms with E-state index in [4.69, 9.17) is 11.6 Å². The minimum Gasteiger partial charge on any atom is -0.337 e. The van der Waals surface area contributed by atoms with Gasteiger partial charge in [-0.3, -0.25) is 9.97 Å². The summed E-state index contributed by atoms with van der Waals surface area (Å²) in [6, 6.07) is 7.92. The molecule has 4 aromatic heterocycles. The van der Waals surface area contributed by atoms with Crippen LogP contribution in [0.5, 0.6) is 0 Å². The summed E-state index contributed by atoms with van der Waals surface area (Å²) in [4.78, 5) is 21.6. The molecule has 0 aliphatic carbocycles. The molecule has 4 heterocycles. The molecule has 26 heavy (non-hydrogen) atoms. The first-order chi connectivity index (χ1) is 12.6. The maximum atomic E-state index is 6.10. The largest absolute Gasteiger partial charge is 0.337 e. The molecular weight excluding hydrogens is 350 g/mol. The molecule has 0 aliphatic rings. The second-order valence-electron chi connectivity index (χ2n) is 6.06. The van der Waals surface area contributed by atoms with Crippen molar-refractivity contribution in [1.82, 2.24) is 29.5 Å². The third-order valence-electron chi connectivity index (χ3n) is 3.93. The third-order valence-corrected chi connectivity index (χ3v) is 4.10. The Morgan fingerprint density at radius 3 is 2.65 bits per heavy atom. The Morgan fingerprint density at radius 1 is 1.08 bits per heavy atom. The number of fused-ring (bicyclic) bond motifs is 1. The van der Waals surface area contributed by atoms with E-state index >= 15 is 0 Å². The van der Waals surface area contributed by atoms with Gasteiger partial charge >= 0.3 is 0 Å². The number of pyridine rings is 2. The van der Waals surface area contributed by atoms with Gasteiger partial charge in [0.1, 0.15) is 0 Å². The zero-order valence-corrected chi connectivity index (χ0v) is 15.0. The summed E-state index contributed by atoms with van der Waals surface area (Å²) in [6.07, 6.45) is 7.00. The first-order valence-electron chi connectivity index (χ1n) is 8.15. The van der Waals surface area contributed by atoms with E-state index in [1.165, 1.54) is 0 Å². The van der Waals surface area contributed by atoms with E-state index in [9.17, 15) is 0 Å². The molecule has 130 valence electrons. The van der Waals surface area contributed by atoms with Crippen LogP contribution in [-0.2, 0) is 0 Å². The van der Waals surface area contributed by atoms with Crippen LogP contribution in [0.4, 0.5) is 11.5 Å². The normalized spacial score (nSPS) is 11.2. The van der Waals surface area contributed by atoms with Crippen LogP contribution in [0.3, 0.4) is 0 Å². The van der Waals surface area contributed by atoms with Crippen molar-refractivity contribution >= 4 is 34.3 Å². The smallest absolute Gasteiger partial charge is 0.226 e. The van der Waals surface area contributed by atoms with E-state index in [1.807, 2.05) is 28.8 Å². The molecule has 8 heteroatoms. The van der Waals surface area contributed by atoms with Crippen LogP contribution < -0.4 is 5.32 Å². The highest BCUT2D eigenvalue weighted by Gasteiger charge is 2.14. The van der Waals surface area contributed by atoms with E-state index in [2.05, 4.69) is 44.1 Å². The summed E-state index contributed by atoms with van der Waals surface area (Å²) in [7, 11) is 0. The Hall–Kier alpha value is -3.06. The summed E-state index contributed by atoms with van der Waals surface area (Å²) in [5.41, 5.74) is 3.95. The Kier molecular flexibility index (Phi) is 4.22. The van der Waals surface area contributed by atoms with E-state index in [0.29, 0.717) is 17.0 Å². The number of rotatable bonds is 4. The van der Waals surface area contributed by atoms with Gasteiger partial charge in [-0.2, -0.15) is 9.97 Å². The van der Waals surface area contributed by atoms with Gasteiger partial charge < -0.3 is 9.88 Å². The maximum absolute atomic E-state index is 6.10. The number of hydrogen-bond donors (Lipinski definition) is 1. The van der Waals surface area contributed by atoms with E-state index in [0.717, 1.165) is 16.9 Å². The molecular formula is C18H16ClN7. The third kappa shape index (κ3) is 3.09. The fourth-order valence-electron chi connectivity index (χ4n) is 2.64. The lowest BCUT2D eigenvalue weighted by Crippen LogP contribution is -2.02. The summed E-state index contributed by atoms with van der Waals surface area (Å²) in [6.45, 7) is 4.12. The molecule has 4 aromatic rings. The molecule has 0 saturated heterocycles. The molecule has 0 aliphatic heterocycles. The minimum absolute atomic E-state index is 0.169. The minimum atomic E-state index is 0.169. The number of nitrogens with one attached hydrogen (secondary N) is 1. The van der Waals surface area contributed by atoms with Crippen LogP contribution in [0.1, 0.15) is 19.9 Å². The van der Waals surface area contributed by atoms with Crippen molar-refractivity contribution in [3.8, 4) is 11.3 Å². The Labute approximate surface area is 155 Å². The Morgan fingerprint density at radius 2 is 1.96 bits per heavy atom. The average Bonchev–Trinajstić information content (AvgIpc) is 3.07. The molecule has 0 saturated carbocycles. The second-order valence-corrected chi connectivity index (χ2v) is 6.40. The lowest BCUT2D eigenvalue weighted by atomic mass is 10.2. The molecule has 7 nitrogen and oxygen atoms in total. The van der Waals surface area contributed by atoms with Gasteiger partial charge in [-0.25, -0.2) is 4.98 Å². The first kappa shape index (κ1) is 16.4. The number of aromatic nitrogens is 6. The molecule has 4 rings (SSSR count). The zero-order chi connectivity index (χ0) is 18.1. The highest BCUT2D eigenvalue weighted by Crippen LogP contribution is 2.26. The van der Waals surface area contributed by atoms with Gasteiger partial charge in [-0.1, -0.05) is 0 Å². The highest BCUT2D eigenvalue weighted by molar-refractivity contribution is 6.28. The number of nitrogens with zero attached hydrogens (tertiary/aromatic N) is 6. The Balaban J connectivity index is 1.67. The molecule has 0 unspecified atom stereocenters. The molecule has 0 radical (unpaired) electrons. The monoisotopic (exact) mass is 365 g/mol. The SMILES string of the molecule is CC(C)n1cnc2c(Nc3ccc(-c4cccnc4)nc3)nc(Cl)nc21. The highest BCUT2D eigenvalue weighted by atomic mass is 35.5. The van der Waals surface area contributed by atoms with Crippen molar-refractivity contribution in [2.75, 3.05) is 5.32 Å². The molecule has 0 amide bonds. The number of imidazole rings is 1. The lowest BCUT2D eigenvalue weighted by Gasteiger charge is -2.09. The van der Waals surface area contributed by atoms with Crippen molar-refractivity contribution in [2.45, 2.75) is 19.9 Å². The summed E-state index contributed by atoms with van der Waals surface area (Å²) >= 11 is 6.10. The summed E-state index contributed by atoms with van der Waals surface area (Å²) in [5, 5.41) is 3.40. The van der Waals surface area contributed by atoms with Crippen LogP contribution in [0.25, 0.3) is 22.4 Å². The van der Waals surface area contributed by atoms with Crippen molar-refractivity contribution in [1.29, 1.82) is 0 Å². The molecule has 0 atom stereocenters. The fourth-order valence-corrected chi connectivity index (χ4v) is 2.81. The number of hydrogen-bond acceptors (Lipinski definition) is 6. The van der Waals surface area contributed by atoms with Gasteiger partial charge in [0.2, 0.25) is 5.28 Å². The van der Waals surface area contributed by atoms with Gasteiger partial charge in [0.05, 0.1) is 23.9 Å². The first-order valence-corrected chi connectivity index (χ1v) is 8.53. The average molecular weight is 366 g/mol. The Bertz CT molecular complexity index is 1040. The van der Waals surface area contributed by atoms with E-state index in [-0.39, 0.29) is 11.3 Å². The van der Waals surface area contributed by atoms with Crippen LogP contribution in [-0.4, -0.2) is 29.5 Å². The van der Waals surface area contributed by atoms with Crippen LogP contribution in [0.2, 0.25) is 5.28 Å². The van der Waals surface area contributed by atoms with Gasteiger partial charge in [-0.15, -0.1) is 0 Å². The van der Waals surface area contributed by atoms with Crippen LogP contribution >= 0.6 is 11.6 Å². The zero-order valence-electron chi connectivity index (χ0n) is 14.3.